The highest BCUT2D eigenvalue weighted by Crippen LogP contribution is 2.23. The van der Waals surface area contributed by atoms with Crippen molar-refractivity contribution in [3.05, 3.63) is 72.3 Å². The molecule has 1 amide bonds. The maximum atomic E-state index is 13.1. The Balaban J connectivity index is 1.89. The van der Waals surface area contributed by atoms with Gasteiger partial charge in [-0.25, -0.2) is 4.98 Å². The molecule has 0 saturated heterocycles. The van der Waals surface area contributed by atoms with Crippen LogP contribution in [0.15, 0.2) is 61.1 Å². The van der Waals surface area contributed by atoms with Crippen LogP contribution in [0, 0.1) is 0 Å². The van der Waals surface area contributed by atoms with Crippen molar-refractivity contribution in [2.45, 2.75) is 6.04 Å². The van der Waals surface area contributed by atoms with Crippen molar-refractivity contribution in [1.82, 2.24) is 19.4 Å². The average molecular weight is 350 g/mol. The predicted octanol–water partition coefficient (Wildman–Crippen LogP) is 2.94. The van der Waals surface area contributed by atoms with Crippen LogP contribution in [0.3, 0.4) is 0 Å². The Morgan fingerprint density at radius 2 is 2.04 bits per heavy atom. The van der Waals surface area contributed by atoms with Gasteiger partial charge in [0.05, 0.1) is 18.3 Å². The van der Waals surface area contributed by atoms with Gasteiger partial charge in [0, 0.05) is 50.9 Å². The number of rotatable bonds is 6. The third-order valence-electron chi connectivity index (χ3n) is 4.33. The molecular weight excluding hydrogens is 328 g/mol. The van der Waals surface area contributed by atoms with Gasteiger partial charge in [0.25, 0.3) is 5.91 Å². The Hall–Kier alpha value is -2.99. The lowest BCUT2D eigenvalue weighted by Crippen LogP contribution is -2.34. The third kappa shape index (κ3) is 3.65. The molecule has 3 rings (SSSR count). The van der Waals surface area contributed by atoms with Gasteiger partial charge >= 0.3 is 0 Å². The minimum absolute atomic E-state index is 0.0891. The molecule has 0 aliphatic carbocycles. The van der Waals surface area contributed by atoms with Crippen LogP contribution in [0.25, 0.3) is 11.4 Å². The fourth-order valence-electron chi connectivity index (χ4n) is 2.91. The number of ether oxygens (including phenoxy) is 1. The number of aromatic nitrogens is 3. The van der Waals surface area contributed by atoms with E-state index in [1.807, 2.05) is 60.3 Å². The standard InChI is InChI=1S/C20H22N4O2/c1-23-12-11-22-19(23)15-7-6-8-16(13-15)20(25)24(2)18(14-26-3)17-9-4-5-10-21-17/h4-13,18H,14H2,1-3H3/t18-/m1/s1. The first-order valence-electron chi connectivity index (χ1n) is 8.36. The number of hydrogen-bond acceptors (Lipinski definition) is 4. The van der Waals surface area contributed by atoms with Crippen LogP contribution >= 0.6 is 0 Å². The van der Waals surface area contributed by atoms with Gasteiger partial charge in [-0.1, -0.05) is 18.2 Å². The van der Waals surface area contributed by atoms with Gasteiger partial charge in [-0.2, -0.15) is 0 Å². The lowest BCUT2D eigenvalue weighted by Gasteiger charge is -2.27. The van der Waals surface area contributed by atoms with Crippen molar-refractivity contribution < 1.29 is 9.53 Å². The predicted molar refractivity (Wildman–Crippen MR) is 99.6 cm³/mol. The maximum absolute atomic E-state index is 13.1. The van der Waals surface area contributed by atoms with Crippen LogP contribution in [0.5, 0.6) is 0 Å². The fourth-order valence-corrected chi connectivity index (χ4v) is 2.91. The molecule has 1 atom stereocenters. The molecule has 0 N–H and O–H groups in total. The van der Waals surface area contributed by atoms with Gasteiger partial charge in [-0.05, 0) is 24.3 Å². The van der Waals surface area contributed by atoms with E-state index in [9.17, 15) is 4.79 Å². The summed E-state index contributed by atoms with van der Waals surface area (Å²) in [7, 11) is 5.32. The number of hydrogen-bond donors (Lipinski definition) is 0. The number of aryl methyl sites for hydroxylation is 1. The van der Waals surface area contributed by atoms with E-state index in [1.165, 1.54) is 0 Å². The molecule has 0 saturated carbocycles. The molecule has 6 nitrogen and oxygen atoms in total. The second kappa shape index (κ2) is 7.93. The van der Waals surface area contributed by atoms with Crippen molar-refractivity contribution in [2.24, 2.45) is 7.05 Å². The molecule has 0 aliphatic heterocycles. The first kappa shape index (κ1) is 17.8. The smallest absolute Gasteiger partial charge is 0.254 e. The lowest BCUT2D eigenvalue weighted by atomic mass is 10.1. The molecule has 26 heavy (non-hydrogen) atoms. The highest BCUT2D eigenvalue weighted by molar-refractivity contribution is 5.95. The van der Waals surface area contributed by atoms with Gasteiger partial charge in [0.15, 0.2) is 0 Å². The Morgan fingerprint density at radius 1 is 1.19 bits per heavy atom. The maximum Gasteiger partial charge on any atom is 0.254 e. The summed E-state index contributed by atoms with van der Waals surface area (Å²) in [5.41, 5.74) is 2.30. The van der Waals surface area contributed by atoms with Crippen LogP contribution in [0.2, 0.25) is 0 Å². The number of pyridine rings is 1. The first-order chi connectivity index (χ1) is 12.6. The van der Waals surface area contributed by atoms with Gasteiger partial charge in [0.1, 0.15) is 5.82 Å². The zero-order valence-electron chi connectivity index (χ0n) is 15.2. The molecule has 0 aliphatic rings. The minimum Gasteiger partial charge on any atom is -0.382 e. The molecule has 1 aromatic carbocycles. The molecule has 2 aromatic heterocycles. The van der Waals surface area contributed by atoms with Gasteiger partial charge in [-0.3, -0.25) is 9.78 Å². The Kier molecular flexibility index (Phi) is 5.43. The van der Waals surface area contributed by atoms with Crippen molar-refractivity contribution in [1.29, 1.82) is 0 Å². The normalized spacial score (nSPS) is 12.0. The summed E-state index contributed by atoms with van der Waals surface area (Å²) in [5.74, 6) is 0.731. The second-order valence-electron chi connectivity index (χ2n) is 6.08. The van der Waals surface area contributed by atoms with Gasteiger partial charge < -0.3 is 14.2 Å². The van der Waals surface area contributed by atoms with Crippen molar-refractivity contribution in [3.63, 3.8) is 0 Å². The topological polar surface area (TPSA) is 60.2 Å². The van der Waals surface area contributed by atoms with Gasteiger partial charge in [0.2, 0.25) is 0 Å². The van der Waals surface area contributed by atoms with Crippen LogP contribution in [-0.2, 0) is 11.8 Å². The molecule has 2 heterocycles. The largest absolute Gasteiger partial charge is 0.382 e. The number of carbonyl (C=O) groups is 1. The van der Waals surface area contributed by atoms with Crippen LogP contribution in [-0.4, -0.2) is 46.1 Å². The Bertz CT molecular complexity index is 876. The van der Waals surface area contributed by atoms with E-state index in [-0.39, 0.29) is 11.9 Å². The molecule has 0 bridgehead atoms. The zero-order chi connectivity index (χ0) is 18.5. The summed E-state index contributed by atoms with van der Waals surface area (Å²) in [6, 6.07) is 12.9. The summed E-state index contributed by atoms with van der Waals surface area (Å²) >= 11 is 0. The summed E-state index contributed by atoms with van der Waals surface area (Å²) < 4.78 is 7.24. The van der Waals surface area contributed by atoms with E-state index in [1.54, 1.807) is 31.5 Å². The summed E-state index contributed by atoms with van der Waals surface area (Å²) in [6.07, 6.45) is 5.34. The number of amides is 1. The Labute approximate surface area is 153 Å². The summed E-state index contributed by atoms with van der Waals surface area (Å²) in [4.78, 5) is 23.5. The zero-order valence-corrected chi connectivity index (χ0v) is 15.2. The van der Waals surface area contributed by atoms with Crippen molar-refractivity contribution >= 4 is 5.91 Å². The first-order valence-corrected chi connectivity index (χ1v) is 8.36. The highest BCUT2D eigenvalue weighted by atomic mass is 16.5. The van der Waals surface area contributed by atoms with E-state index < -0.39 is 0 Å². The van der Waals surface area contributed by atoms with E-state index in [4.69, 9.17) is 4.74 Å². The van der Waals surface area contributed by atoms with Crippen molar-refractivity contribution in [3.8, 4) is 11.4 Å². The van der Waals surface area contributed by atoms with Crippen molar-refractivity contribution in [2.75, 3.05) is 20.8 Å². The molecule has 0 radical (unpaired) electrons. The molecule has 0 unspecified atom stereocenters. The number of benzene rings is 1. The molecule has 0 fully saturated rings. The van der Waals surface area contributed by atoms with E-state index in [0.717, 1.165) is 17.1 Å². The average Bonchev–Trinajstić information content (AvgIpc) is 3.11. The van der Waals surface area contributed by atoms with Crippen LogP contribution < -0.4 is 0 Å². The molecular formula is C20H22N4O2. The Morgan fingerprint density at radius 3 is 2.69 bits per heavy atom. The number of imidazole rings is 1. The molecule has 6 heteroatoms. The van der Waals surface area contributed by atoms with E-state index in [2.05, 4.69) is 9.97 Å². The fraction of sp³-hybridized carbons (Fsp3) is 0.250. The molecule has 134 valence electrons. The third-order valence-corrected chi connectivity index (χ3v) is 4.33. The number of methoxy groups -OCH3 is 1. The SMILES string of the molecule is COC[C@H](c1ccccn1)N(C)C(=O)c1cccc(-c2nccn2C)c1. The van der Waals surface area contributed by atoms with E-state index in [0.29, 0.717) is 12.2 Å². The van der Waals surface area contributed by atoms with Crippen LogP contribution in [0.1, 0.15) is 22.1 Å². The summed E-state index contributed by atoms with van der Waals surface area (Å²) in [6.45, 7) is 0.373. The lowest BCUT2D eigenvalue weighted by molar-refractivity contribution is 0.0595. The minimum atomic E-state index is -0.259. The van der Waals surface area contributed by atoms with Crippen LogP contribution in [0.4, 0.5) is 0 Å². The number of nitrogens with zero attached hydrogens (tertiary/aromatic N) is 4. The quantitative estimate of drug-likeness (QED) is 0.686. The second-order valence-corrected chi connectivity index (χ2v) is 6.08. The summed E-state index contributed by atoms with van der Waals surface area (Å²) in [5, 5.41) is 0. The number of carbonyl (C=O) groups excluding carboxylic acids is 1. The van der Waals surface area contributed by atoms with Gasteiger partial charge in [-0.15, -0.1) is 0 Å². The van der Waals surface area contributed by atoms with E-state index >= 15 is 0 Å². The number of likely N-dealkylation sites (N-methyl/N-ethyl adjacent to an activating group) is 1. The highest BCUT2D eigenvalue weighted by Gasteiger charge is 2.24. The molecule has 0 spiro atoms. The molecule has 3 aromatic rings. The monoisotopic (exact) mass is 350 g/mol.